The summed E-state index contributed by atoms with van der Waals surface area (Å²) in [4.78, 5) is 13.3. The molecule has 20 heavy (non-hydrogen) atoms. The zero-order valence-electron chi connectivity index (χ0n) is 12.1. The Morgan fingerprint density at radius 1 is 1.40 bits per heavy atom. The number of aromatic carboxylic acids is 1. The molecule has 1 aliphatic rings. The van der Waals surface area contributed by atoms with E-state index in [1.165, 1.54) is 18.4 Å². The second kappa shape index (κ2) is 7.41. The van der Waals surface area contributed by atoms with Gasteiger partial charge in [-0.15, -0.1) is 0 Å². The monoisotopic (exact) mass is 276 g/mol. The van der Waals surface area contributed by atoms with E-state index in [0.29, 0.717) is 5.56 Å². The fraction of sp³-hybridized carbons (Fsp3) is 0.562. The van der Waals surface area contributed by atoms with Crippen molar-refractivity contribution >= 4 is 5.97 Å². The number of nitrogens with zero attached hydrogens (tertiary/aromatic N) is 1. The molecule has 1 atom stereocenters. The largest absolute Gasteiger partial charge is 0.478 e. The molecule has 1 fully saturated rings. The van der Waals surface area contributed by atoms with Crippen LogP contribution in [0.3, 0.4) is 0 Å². The fourth-order valence-electron chi connectivity index (χ4n) is 2.76. The third-order valence-electron chi connectivity index (χ3n) is 3.97. The van der Waals surface area contributed by atoms with Gasteiger partial charge in [0.2, 0.25) is 0 Å². The highest BCUT2D eigenvalue weighted by molar-refractivity contribution is 5.87. The van der Waals surface area contributed by atoms with Crippen molar-refractivity contribution in [2.45, 2.75) is 26.3 Å². The molecule has 0 saturated carbocycles. The first kappa shape index (κ1) is 15.0. The SMILES string of the molecule is CCN(Cc1ccc(C(=O)O)cc1)CC1CCCNC1. The minimum absolute atomic E-state index is 0.355. The van der Waals surface area contributed by atoms with E-state index in [1.807, 2.05) is 12.1 Å². The van der Waals surface area contributed by atoms with Crippen molar-refractivity contribution in [1.82, 2.24) is 10.2 Å². The molecule has 1 heterocycles. The molecular weight excluding hydrogens is 252 g/mol. The van der Waals surface area contributed by atoms with Crippen molar-refractivity contribution in [1.29, 1.82) is 0 Å². The van der Waals surface area contributed by atoms with Crippen LogP contribution in [0, 0.1) is 5.92 Å². The number of carbonyl (C=O) groups is 1. The van der Waals surface area contributed by atoms with E-state index in [9.17, 15) is 4.79 Å². The minimum Gasteiger partial charge on any atom is -0.478 e. The summed E-state index contributed by atoms with van der Waals surface area (Å²) in [6, 6.07) is 7.22. The summed E-state index contributed by atoms with van der Waals surface area (Å²) in [7, 11) is 0. The average molecular weight is 276 g/mol. The van der Waals surface area contributed by atoms with E-state index in [1.54, 1.807) is 12.1 Å². The number of hydrogen-bond acceptors (Lipinski definition) is 3. The second-order valence-corrected chi connectivity index (χ2v) is 5.54. The van der Waals surface area contributed by atoms with Gasteiger partial charge in [0, 0.05) is 13.1 Å². The van der Waals surface area contributed by atoms with Crippen LogP contribution in [-0.2, 0) is 6.54 Å². The number of piperidine rings is 1. The van der Waals surface area contributed by atoms with Crippen molar-refractivity contribution in [3.8, 4) is 0 Å². The standard InChI is InChI=1S/C16H24N2O2/c1-2-18(12-14-4-3-9-17-10-14)11-13-5-7-15(8-6-13)16(19)20/h5-8,14,17H,2-4,9-12H2,1H3,(H,19,20). The van der Waals surface area contributed by atoms with Gasteiger partial charge in [0.1, 0.15) is 0 Å². The molecule has 4 nitrogen and oxygen atoms in total. The molecule has 0 aromatic heterocycles. The lowest BCUT2D eigenvalue weighted by molar-refractivity contribution is 0.0697. The van der Waals surface area contributed by atoms with Gasteiger partial charge >= 0.3 is 5.97 Å². The Bertz CT molecular complexity index is 425. The lowest BCUT2D eigenvalue weighted by Gasteiger charge is -2.29. The van der Waals surface area contributed by atoms with Crippen molar-refractivity contribution in [2.75, 3.05) is 26.2 Å². The summed E-state index contributed by atoms with van der Waals surface area (Å²) in [5.74, 6) is -0.126. The number of benzene rings is 1. The van der Waals surface area contributed by atoms with Crippen LogP contribution in [0.2, 0.25) is 0 Å². The zero-order valence-corrected chi connectivity index (χ0v) is 12.1. The third kappa shape index (κ3) is 4.32. The first-order valence-corrected chi connectivity index (χ1v) is 7.44. The molecule has 2 N–H and O–H groups in total. The maximum Gasteiger partial charge on any atom is 0.335 e. The van der Waals surface area contributed by atoms with Gasteiger partial charge in [0.05, 0.1) is 5.56 Å². The fourth-order valence-corrected chi connectivity index (χ4v) is 2.76. The Morgan fingerprint density at radius 2 is 2.15 bits per heavy atom. The molecule has 2 rings (SSSR count). The van der Waals surface area contributed by atoms with Crippen molar-refractivity contribution in [2.24, 2.45) is 5.92 Å². The van der Waals surface area contributed by atoms with Crippen molar-refractivity contribution < 1.29 is 9.90 Å². The van der Waals surface area contributed by atoms with Crippen LogP contribution < -0.4 is 5.32 Å². The Kier molecular flexibility index (Phi) is 5.56. The summed E-state index contributed by atoms with van der Waals surface area (Å²) in [6.45, 7) is 7.49. The molecule has 1 aliphatic heterocycles. The van der Waals surface area contributed by atoms with Crippen LogP contribution in [0.4, 0.5) is 0 Å². The van der Waals surface area contributed by atoms with Crippen LogP contribution in [-0.4, -0.2) is 42.2 Å². The highest BCUT2D eigenvalue weighted by Gasteiger charge is 2.16. The topological polar surface area (TPSA) is 52.6 Å². The van der Waals surface area contributed by atoms with Gasteiger partial charge in [-0.3, -0.25) is 4.90 Å². The summed E-state index contributed by atoms with van der Waals surface area (Å²) in [5.41, 5.74) is 1.54. The Morgan fingerprint density at radius 3 is 2.70 bits per heavy atom. The highest BCUT2D eigenvalue weighted by Crippen LogP contribution is 2.14. The smallest absolute Gasteiger partial charge is 0.335 e. The van der Waals surface area contributed by atoms with Gasteiger partial charge in [0.25, 0.3) is 0 Å². The zero-order chi connectivity index (χ0) is 14.4. The lowest BCUT2D eigenvalue weighted by Crippen LogP contribution is -2.38. The normalized spacial score (nSPS) is 19.2. The Hall–Kier alpha value is -1.39. The third-order valence-corrected chi connectivity index (χ3v) is 3.97. The molecule has 0 radical (unpaired) electrons. The van der Waals surface area contributed by atoms with Crippen LogP contribution in [0.5, 0.6) is 0 Å². The number of carboxylic acid groups (broad SMARTS) is 1. The van der Waals surface area contributed by atoms with E-state index in [-0.39, 0.29) is 0 Å². The van der Waals surface area contributed by atoms with Crippen LogP contribution in [0.15, 0.2) is 24.3 Å². The number of carboxylic acids is 1. The molecule has 1 aromatic rings. The molecule has 1 saturated heterocycles. The van der Waals surface area contributed by atoms with E-state index in [2.05, 4.69) is 17.1 Å². The summed E-state index contributed by atoms with van der Waals surface area (Å²) < 4.78 is 0. The van der Waals surface area contributed by atoms with Crippen LogP contribution >= 0.6 is 0 Å². The van der Waals surface area contributed by atoms with E-state index >= 15 is 0 Å². The lowest BCUT2D eigenvalue weighted by atomic mass is 9.99. The maximum atomic E-state index is 10.8. The molecular formula is C16H24N2O2. The molecule has 0 aliphatic carbocycles. The Labute approximate surface area is 120 Å². The van der Waals surface area contributed by atoms with Gasteiger partial charge in [-0.25, -0.2) is 4.79 Å². The molecule has 4 heteroatoms. The number of rotatable bonds is 6. The van der Waals surface area contributed by atoms with E-state index < -0.39 is 5.97 Å². The molecule has 0 bridgehead atoms. The average Bonchev–Trinajstić information content (AvgIpc) is 2.48. The van der Waals surface area contributed by atoms with Gasteiger partial charge < -0.3 is 10.4 Å². The highest BCUT2D eigenvalue weighted by atomic mass is 16.4. The van der Waals surface area contributed by atoms with Crippen LogP contribution in [0.25, 0.3) is 0 Å². The quantitative estimate of drug-likeness (QED) is 0.836. The van der Waals surface area contributed by atoms with Gasteiger partial charge in [-0.1, -0.05) is 19.1 Å². The van der Waals surface area contributed by atoms with E-state index in [4.69, 9.17) is 5.11 Å². The molecule has 0 spiro atoms. The van der Waals surface area contributed by atoms with Crippen molar-refractivity contribution in [3.63, 3.8) is 0 Å². The van der Waals surface area contributed by atoms with E-state index in [0.717, 1.165) is 38.6 Å². The summed E-state index contributed by atoms with van der Waals surface area (Å²) >= 11 is 0. The first-order chi connectivity index (χ1) is 9.69. The Balaban J connectivity index is 1.89. The first-order valence-electron chi connectivity index (χ1n) is 7.44. The van der Waals surface area contributed by atoms with Crippen molar-refractivity contribution in [3.05, 3.63) is 35.4 Å². The number of nitrogens with one attached hydrogen (secondary N) is 1. The van der Waals surface area contributed by atoms with Crippen LogP contribution in [0.1, 0.15) is 35.7 Å². The minimum atomic E-state index is -0.864. The molecule has 1 aromatic carbocycles. The molecule has 110 valence electrons. The maximum absolute atomic E-state index is 10.8. The van der Waals surface area contributed by atoms with Gasteiger partial charge in [-0.05, 0) is 56.1 Å². The number of hydrogen-bond donors (Lipinski definition) is 2. The van der Waals surface area contributed by atoms with Gasteiger partial charge in [0.15, 0.2) is 0 Å². The summed E-state index contributed by atoms with van der Waals surface area (Å²) in [5, 5.41) is 12.4. The molecule has 1 unspecified atom stereocenters. The molecule has 0 amide bonds. The summed E-state index contributed by atoms with van der Waals surface area (Å²) in [6.07, 6.45) is 2.58. The predicted octanol–water partition coefficient (Wildman–Crippen LogP) is 2.21. The van der Waals surface area contributed by atoms with Gasteiger partial charge in [-0.2, -0.15) is 0 Å². The second-order valence-electron chi connectivity index (χ2n) is 5.54. The predicted molar refractivity (Wildman–Crippen MR) is 79.9 cm³/mol.